The highest BCUT2D eigenvalue weighted by Crippen LogP contribution is 2.60. The molecule has 1 aliphatic carbocycles. The molecule has 4 aliphatic rings. The maximum atomic E-state index is 14.1. The number of likely N-dealkylation sites (tertiary alicyclic amines) is 1. The maximum absolute atomic E-state index is 14.1. The van der Waals surface area contributed by atoms with Crippen LogP contribution in [0.25, 0.3) is 0 Å². The number of alkyl halides is 1. The lowest BCUT2D eigenvalue weighted by Crippen LogP contribution is -2.60. The molecule has 1 spiro atoms. The summed E-state index contributed by atoms with van der Waals surface area (Å²) in [4.78, 5) is 42.7. The number of rotatable bonds is 9. The maximum Gasteiger partial charge on any atom is 0.246 e. The van der Waals surface area contributed by atoms with Gasteiger partial charge < -0.3 is 25.4 Å². The zero-order chi connectivity index (χ0) is 24.6. The summed E-state index contributed by atoms with van der Waals surface area (Å²) in [6, 6.07) is -1.27. The molecule has 34 heavy (non-hydrogen) atoms. The predicted molar refractivity (Wildman–Crippen MR) is 131 cm³/mol. The second-order valence-electron chi connectivity index (χ2n) is 10.7. The van der Waals surface area contributed by atoms with Gasteiger partial charge in [-0.2, -0.15) is 0 Å². The van der Waals surface area contributed by atoms with Crippen molar-refractivity contribution in [2.24, 2.45) is 17.8 Å². The van der Waals surface area contributed by atoms with Gasteiger partial charge in [0.2, 0.25) is 17.7 Å². The number of carbonyl (C=O) groups is 3. The second kappa shape index (κ2) is 10.4. The van der Waals surface area contributed by atoms with E-state index in [-0.39, 0.29) is 41.1 Å². The van der Waals surface area contributed by atoms with E-state index in [9.17, 15) is 19.5 Å². The third kappa shape index (κ3) is 4.19. The summed E-state index contributed by atoms with van der Waals surface area (Å²) in [5.74, 6) is -2.00. The number of fused-ring (bicyclic) bond motifs is 1. The van der Waals surface area contributed by atoms with Crippen LogP contribution in [-0.4, -0.2) is 75.5 Å². The molecule has 3 aliphatic heterocycles. The molecule has 192 valence electrons. The fourth-order valence-corrected chi connectivity index (χ4v) is 7.67. The van der Waals surface area contributed by atoms with E-state index in [0.717, 1.165) is 38.5 Å². The summed E-state index contributed by atoms with van der Waals surface area (Å²) in [5, 5.41) is 16.5. The number of halogens is 1. The Hall–Kier alpha value is -1.19. The van der Waals surface area contributed by atoms with E-state index in [4.69, 9.17) is 4.74 Å². The van der Waals surface area contributed by atoms with Gasteiger partial charge >= 0.3 is 0 Å². The summed E-state index contributed by atoms with van der Waals surface area (Å²) >= 11 is 3.70. The van der Waals surface area contributed by atoms with Gasteiger partial charge in [-0.15, -0.1) is 0 Å². The number of amides is 3. The van der Waals surface area contributed by atoms with Crippen LogP contribution >= 0.6 is 15.9 Å². The van der Waals surface area contributed by atoms with E-state index in [1.165, 1.54) is 6.42 Å². The zero-order valence-corrected chi connectivity index (χ0v) is 22.2. The molecule has 8 nitrogen and oxygen atoms in total. The highest BCUT2D eigenvalue weighted by Gasteiger charge is 2.77. The molecule has 4 rings (SSSR count). The van der Waals surface area contributed by atoms with E-state index >= 15 is 0 Å². The molecular weight excluding hydrogens is 502 g/mol. The van der Waals surface area contributed by atoms with Crippen LogP contribution in [0.3, 0.4) is 0 Å². The highest BCUT2D eigenvalue weighted by atomic mass is 79.9. The Morgan fingerprint density at radius 3 is 2.56 bits per heavy atom. The van der Waals surface area contributed by atoms with Gasteiger partial charge in [0.05, 0.1) is 30.6 Å². The fourth-order valence-electron chi connectivity index (χ4n) is 6.73. The first-order valence-corrected chi connectivity index (χ1v) is 14.0. The van der Waals surface area contributed by atoms with E-state index in [0.29, 0.717) is 13.0 Å². The highest BCUT2D eigenvalue weighted by molar-refractivity contribution is 9.09. The summed E-state index contributed by atoms with van der Waals surface area (Å²) in [6.07, 6.45) is 6.81. The molecule has 2 bridgehead atoms. The summed E-state index contributed by atoms with van der Waals surface area (Å²) in [7, 11) is 0. The van der Waals surface area contributed by atoms with E-state index < -0.39 is 35.6 Å². The topological polar surface area (TPSA) is 108 Å². The van der Waals surface area contributed by atoms with Crippen LogP contribution in [0.4, 0.5) is 0 Å². The van der Waals surface area contributed by atoms with Crippen LogP contribution in [0, 0.1) is 17.8 Å². The molecule has 0 aromatic heterocycles. The van der Waals surface area contributed by atoms with Crippen LogP contribution < -0.4 is 10.6 Å². The Morgan fingerprint density at radius 2 is 1.94 bits per heavy atom. The van der Waals surface area contributed by atoms with Crippen molar-refractivity contribution < 1.29 is 24.2 Å². The monoisotopic (exact) mass is 541 g/mol. The summed E-state index contributed by atoms with van der Waals surface area (Å²) in [6.45, 7) is 6.29. The zero-order valence-electron chi connectivity index (χ0n) is 20.6. The van der Waals surface area contributed by atoms with Crippen molar-refractivity contribution in [2.75, 3.05) is 13.2 Å². The van der Waals surface area contributed by atoms with Crippen molar-refractivity contribution in [1.29, 1.82) is 0 Å². The fraction of sp³-hybridized carbons (Fsp3) is 0.880. The number of aliphatic hydroxyl groups is 1. The Balaban J connectivity index is 1.72. The Labute approximate surface area is 211 Å². The van der Waals surface area contributed by atoms with Crippen LogP contribution in [0.2, 0.25) is 0 Å². The third-order valence-corrected chi connectivity index (χ3v) is 9.47. The van der Waals surface area contributed by atoms with Gasteiger partial charge in [-0.1, -0.05) is 62.4 Å². The molecule has 0 radical (unpaired) electrons. The molecule has 3 N–H and O–H groups in total. The number of hydrogen-bond acceptors (Lipinski definition) is 5. The molecular formula is C25H40BrN3O5. The molecule has 4 fully saturated rings. The normalized spacial score (nSPS) is 36.9. The Morgan fingerprint density at radius 1 is 1.24 bits per heavy atom. The quantitative estimate of drug-likeness (QED) is 0.387. The van der Waals surface area contributed by atoms with Gasteiger partial charge in [0.1, 0.15) is 11.6 Å². The van der Waals surface area contributed by atoms with E-state index in [2.05, 4.69) is 26.6 Å². The first-order valence-electron chi connectivity index (χ1n) is 13.1. The Bertz CT molecular complexity index is 791. The van der Waals surface area contributed by atoms with Crippen molar-refractivity contribution in [3.63, 3.8) is 0 Å². The minimum Gasteiger partial charge on any atom is -0.394 e. The standard InChI is InChI=1S/C25H40BrN3O5/c1-4-11-27-22(31)18-19-24(33)29(17(13-30)14(3)5-2)21(25(19)12-16(26)20(18)34-25)23(32)28-15-9-7-6-8-10-15/h14-21,30H,4-13H2,1-3H3,(H,27,31)(H,28,32)/t14-,16?,17-,18-,19-,20-,21?,25?/m0/s1. The van der Waals surface area contributed by atoms with Crippen molar-refractivity contribution in [2.45, 2.75) is 107 Å². The van der Waals surface area contributed by atoms with E-state index in [1.807, 2.05) is 20.8 Å². The smallest absolute Gasteiger partial charge is 0.246 e. The molecule has 3 amide bonds. The average Bonchev–Trinajstić information content (AvgIpc) is 3.42. The minimum atomic E-state index is -1.07. The number of hydrogen-bond donors (Lipinski definition) is 3. The largest absolute Gasteiger partial charge is 0.394 e. The molecule has 3 saturated heterocycles. The Kier molecular flexibility index (Phi) is 7.94. The van der Waals surface area contributed by atoms with E-state index in [1.54, 1.807) is 4.90 Å². The first kappa shape index (κ1) is 25.9. The number of nitrogens with one attached hydrogen (secondary N) is 2. The van der Waals surface area contributed by atoms with Gasteiger partial charge in [0, 0.05) is 17.4 Å². The predicted octanol–water partition coefficient (Wildman–Crippen LogP) is 2.12. The molecule has 9 heteroatoms. The SMILES string of the molecule is CCCNC(=O)[C@H]1[C@H]2C(=O)N([C@@H](CO)[C@@H](C)CC)C(C(=O)NC3CCCCC3)C23CC(Br)[C@@H]1O3. The van der Waals surface area contributed by atoms with Gasteiger partial charge in [0.25, 0.3) is 0 Å². The molecule has 0 aromatic carbocycles. The van der Waals surface area contributed by atoms with Crippen molar-refractivity contribution in [3.05, 3.63) is 0 Å². The molecule has 8 atom stereocenters. The molecule has 0 aromatic rings. The van der Waals surface area contributed by atoms with Crippen LogP contribution in [0.15, 0.2) is 0 Å². The van der Waals surface area contributed by atoms with Crippen molar-refractivity contribution in [3.8, 4) is 0 Å². The average molecular weight is 543 g/mol. The van der Waals surface area contributed by atoms with Crippen LogP contribution in [0.5, 0.6) is 0 Å². The van der Waals surface area contributed by atoms with Crippen molar-refractivity contribution >= 4 is 33.7 Å². The van der Waals surface area contributed by atoms with Crippen molar-refractivity contribution in [1.82, 2.24) is 15.5 Å². The molecule has 3 unspecified atom stereocenters. The lowest BCUT2D eigenvalue weighted by Gasteiger charge is -2.39. The second-order valence-corrected chi connectivity index (χ2v) is 11.9. The van der Waals surface area contributed by atoms with Gasteiger partial charge in [-0.05, 0) is 31.6 Å². The summed E-state index contributed by atoms with van der Waals surface area (Å²) < 4.78 is 6.53. The van der Waals surface area contributed by atoms with Crippen LogP contribution in [0.1, 0.15) is 72.1 Å². The number of nitrogens with zero attached hydrogens (tertiary/aromatic N) is 1. The summed E-state index contributed by atoms with van der Waals surface area (Å²) in [5.41, 5.74) is -1.07. The minimum absolute atomic E-state index is 0.00140. The number of carbonyl (C=O) groups excluding carboxylic acids is 3. The van der Waals surface area contributed by atoms with Crippen LogP contribution in [-0.2, 0) is 19.1 Å². The molecule has 1 saturated carbocycles. The third-order valence-electron chi connectivity index (χ3n) is 8.62. The van der Waals surface area contributed by atoms with Gasteiger partial charge in [0.15, 0.2) is 0 Å². The number of aliphatic hydroxyl groups excluding tert-OH is 1. The molecule has 3 heterocycles. The van der Waals surface area contributed by atoms with Gasteiger partial charge in [-0.25, -0.2) is 0 Å². The number of ether oxygens (including phenoxy) is 1. The van der Waals surface area contributed by atoms with Gasteiger partial charge in [-0.3, -0.25) is 14.4 Å². The lowest BCUT2D eigenvalue weighted by atomic mass is 9.70. The lowest BCUT2D eigenvalue weighted by molar-refractivity contribution is -0.147. The first-order chi connectivity index (χ1) is 16.3.